The molecule has 1 aliphatic heterocycles. The highest BCUT2D eigenvalue weighted by Crippen LogP contribution is 2.29. The monoisotopic (exact) mass is 289 g/mol. The molecular weight excluding hydrogens is 262 g/mol. The van der Waals surface area contributed by atoms with E-state index in [2.05, 4.69) is 10.00 Å². The Bertz CT molecular complexity index is 429. The molecule has 2 aliphatic rings. The molecule has 1 saturated heterocycles. The van der Waals surface area contributed by atoms with E-state index in [1.807, 2.05) is 23.1 Å². The summed E-state index contributed by atoms with van der Waals surface area (Å²) in [5.41, 5.74) is 0. The number of hydrogen-bond donors (Lipinski definition) is 0. The molecule has 0 bridgehead atoms. The number of amides is 1. The van der Waals surface area contributed by atoms with Crippen molar-refractivity contribution in [2.45, 2.75) is 57.9 Å². The maximum absolute atomic E-state index is 12.3. The molecule has 0 aromatic carbocycles. The SMILES string of the molecule is O=C(CCC1CCCC1)N1CCC(Cn2cccn2)CC1. The lowest BCUT2D eigenvalue weighted by Crippen LogP contribution is -2.39. The van der Waals surface area contributed by atoms with Gasteiger partial charge < -0.3 is 4.90 Å². The van der Waals surface area contributed by atoms with E-state index in [9.17, 15) is 4.79 Å². The largest absolute Gasteiger partial charge is 0.343 e. The lowest BCUT2D eigenvalue weighted by molar-refractivity contribution is -0.133. The van der Waals surface area contributed by atoms with Crippen molar-refractivity contribution in [2.75, 3.05) is 13.1 Å². The number of hydrogen-bond acceptors (Lipinski definition) is 2. The van der Waals surface area contributed by atoms with Gasteiger partial charge in [-0.05, 0) is 37.2 Å². The van der Waals surface area contributed by atoms with Crippen LogP contribution in [0.3, 0.4) is 0 Å². The van der Waals surface area contributed by atoms with Gasteiger partial charge in [-0.3, -0.25) is 9.48 Å². The summed E-state index contributed by atoms with van der Waals surface area (Å²) in [7, 11) is 0. The van der Waals surface area contributed by atoms with Crippen molar-refractivity contribution in [1.82, 2.24) is 14.7 Å². The van der Waals surface area contributed by atoms with Gasteiger partial charge in [-0.2, -0.15) is 5.10 Å². The number of carbonyl (C=O) groups excluding carboxylic acids is 1. The van der Waals surface area contributed by atoms with Gasteiger partial charge in [0.15, 0.2) is 0 Å². The molecule has 4 heteroatoms. The van der Waals surface area contributed by atoms with Crippen LogP contribution < -0.4 is 0 Å². The van der Waals surface area contributed by atoms with Crippen LogP contribution in [0.2, 0.25) is 0 Å². The summed E-state index contributed by atoms with van der Waals surface area (Å²) in [6.45, 7) is 2.88. The van der Waals surface area contributed by atoms with E-state index in [0.717, 1.165) is 51.2 Å². The van der Waals surface area contributed by atoms with Crippen molar-refractivity contribution in [1.29, 1.82) is 0 Å². The molecular formula is C17H27N3O. The summed E-state index contributed by atoms with van der Waals surface area (Å²) < 4.78 is 2.02. The van der Waals surface area contributed by atoms with Gasteiger partial charge in [0, 0.05) is 38.4 Å². The fourth-order valence-corrected chi connectivity index (χ4v) is 3.82. The first-order valence-electron chi connectivity index (χ1n) is 8.56. The van der Waals surface area contributed by atoms with Gasteiger partial charge in [-0.25, -0.2) is 0 Å². The second-order valence-corrected chi connectivity index (χ2v) is 6.74. The maximum atomic E-state index is 12.3. The molecule has 3 rings (SSSR count). The Labute approximate surface area is 127 Å². The summed E-state index contributed by atoms with van der Waals surface area (Å²) >= 11 is 0. The van der Waals surface area contributed by atoms with E-state index in [-0.39, 0.29) is 0 Å². The molecule has 1 aromatic rings. The molecule has 1 aromatic heterocycles. The third kappa shape index (κ3) is 4.08. The van der Waals surface area contributed by atoms with Gasteiger partial charge >= 0.3 is 0 Å². The molecule has 1 saturated carbocycles. The van der Waals surface area contributed by atoms with Crippen LogP contribution in [0.5, 0.6) is 0 Å². The predicted molar refractivity (Wildman–Crippen MR) is 82.7 cm³/mol. The molecule has 0 spiro atoms. The van der Waals surface area contributed by atoms with E-state index in [4.69, 9.17) is 0 Å². The van der Waals surface area contributed by atoms with Crippen molar-refractivity contribution in [3.8, 4) is 0 Å². The van der Waals surface area contributed by atoms with Crippen molar-refractivity contribution in [2.24, 2.45) is 11.8 Å². The van der Waals surface area contributed by atoms with Crippen LogP contribution in [0.25, 0.3) is 0 Å². The molecule has 2 fully saturated rings. The smallest absolute Gasteiger partial charge is 0.222 e. The van der Waals surface area contributed by atoms with Gasteiger partial charge in [-0.15, -0.1) is 0 Å². The molecule has 0 radical (unpaired) electrons. The maximum Gasteiger partial charge on any atom is 0.222 e. The van der Waals surface area contributed by atoms with E-state index in [0.29, 0.717) is 11.8 Å². The first kappa shape index (κ1) is 14.6. The van der Waals surface area contributed by atoms with E-state index < -0.39 is 0 Å². The summed E-state index contributed by atoms with van der Waals surface area (Å²) in [5.74, 6) is 1.88. The molecule has 2 heterocycles. The molecule has 4 nitrogen and oxygen atoms in total. The number of carbonyl (C=O) groups is 1. The Morgan fingerprint density at radius 2 is 1.86 bits per heavy atom. The highest BCUT2D eigenvalue weighted by molar-refractivity contribution is 5.76. The van der Waals surface area contributed by atoms with Crippen LogP contribution in [0.15, 0.2) is 18.5 Å². The summed E-state index contributed by atoms with van der Waals surface area (Å²) in [6, 6.07) is 1.97. The third-order valence-electron chi connectivity index (χ3n) is 5.21. The predicted octanol–water partition coefficient (Wildman–Crippen LogP) is 3.09. The van der Waals surface area contributed by atoms with Crippen LogP contribution in [0, 0.1) is 11.8 Å². The molecule has 0 N–H and O–H groups in total. The zero-order chi connectivity index (χ0) is 14.5. The normalized spacial score (nSPS) is 21.0. The average Bonchev–Trinajstić information content (AvgIpc) is 3.19. The standard InChI is InChI=1S/C17H27N3O/c21-17(7-6-15-4-1-2-5-15)19-12-8-16(9-13-19)14-20-11-3-10-18-20/h3,10-11,15-16H,1-2,4-9,12-14H2. The van der Waals surface area contributed by atoms with E-state index in [1.54, 1.807) is 0 Å². The quantitative estimate of drug-likeness (QED) is 0.835. The minimum atomic E-state index is 0.388. The number of aromatic nitrogens is 2. The molecule has 21 heavy (non-hydrogen) atoms. The summed E-state index contributed by atoms with van der Waals surface area (Å²) in [5, 5.41) is 4.27. The van der Waals surface area contributed by atoms with Crippen LogP contribution in [0.1, 0.15) is 51.4 Å². The Kier molecular flexibility index (Phi) is 4.94. The first-order chi connectivity index (χ1) is 10.3. The Morgan fingerprint density at radius 1 is 1.10 bits per heavy atom. The van der Waals surface area contributed by atoms with E-state index in [1.165, 1.54) is 25.7 Å². The number of piperidine rings is 1. The van der Waals surface area contributed by atoms with Gasteiger partial charge in [0.25, 0.3) is 0 Å². The highest BCUT2D eigenvalue weighted by atomic mass is 16.2. The topological polar surface area (TPSA) is 38.1 Å². The van der Waals surface area contributed by atoms with Crippen LogP contribution >= 0.6 is 0 Å². The average molecular weight is 289 g/mol. The minimum absolute atomic E-state index is 0.388. The first-order valence-corrected chi connectivity index (χ1v) is 8.56. The van der Waals surface area contributed by atoms with Crippen molar-refractivity contribution >= 4 is 5.91 Å². The molecule has 116 valence electrons. The van der Waals surface area contributed by atoms with Crippen molar-refractivity contribution in [3.05, 3.63) is 18.5 Å². The molecule has 0 unspecified atom stereocenters. The Morgan fingerprint density at radius 3 is 2.52 bits per heavy atom. The zero-order valence-electron chi connectivity index (χ0n) is 12.9. The second-order valence-electron chi connectivity index (χ2n) is 6.74. The van der Waals surface area contributed by atoms with Crippen LogP contribution in [0.4, 0.5) is 0 Å². The lowest BCUT2D eigenvalue weighted by Gasteiger charge is -2.32. The summed E-state index contributed by atoms with van der Waals surface area (Å²) in [6.07, 6.45) is 13.4. The number of rotatable bonds is 5. The number of nitrogens with zero attached hydrogens (tertiary/aromatic N) is 3. The van der Waals surface area contributed by atoms with Gasteiger partial charge in [0.2, 0.25) is 5.91 Å². The second kappa shape index (κ2) is 7.10. The molecule has 1 amide bonds. The zero-order valence-corrected chi connectivity index (χ0v) is 12.9. The Hall–Kier alpha value is -1.32. The fourth-order valence-electron chi connectivity index (χ4n) is 3.82. The van der Waals surface area contributed by atoms with Gasteiger partial charge in [-0.1, -0.05) is 25.7 Å². The lowest BCUT2D eigenvalue weighted by atomic mass is 9.96. The van der Waals surface area contributed by atoms with Crippen molar-refractivity contribution in [3.63, 3.8) is 0 Å². The minimum Gasteiger partial charge on any atom is -0.343 e. The van der Waals surface area contributed by atoms with Crippen LogP contribution in [-0.4, -0.2) is 33.7 Å². The number of likely N-dealkylation sites (tertiary alicyclic amines) is 1. The van der Waals surface area contributed by atoms with Gasteiger partial charge in [0.05, 0.1) is 0 Å². The Balaban J connectivity index is 1.37. The van der Waals surface area contributed by atoms with E-state index >= 15 is 0 Å². The third-order valence-corrected chi connectivity index (χ3v) is 5.21. The van der Waals surface area contributed by atoms with Crippen LogP contribution in [-0.2, 0) is 11.3 Å². The molecule has 1 aliphatic carbocycles. The summed E-state index contributed by atoms with van der Waals surface area (Å²) in [4.78, 5) is 14.4. The molecule has 0 atom stereocenters. The highest BCUT2D eigenvalue weighted by Gasteiger charge is 2.24. The fraction of sp³-hybridized carbons (Fsp3) is 0.765. The van der Waals surface area contributed by atoms with Gasteiger partial charge in [0.1, 0.15) is 0 Å². The van der Waals surface area contributed by atoms with Crippen molar-refractivity contribution < 1.29 is 4.79 Å².